The van der Waals surface area contributed by atoms with Crippen molar-refractivity contribution in [3.05, 3.63) is 83.2 Å². The molecular weight excluding hydrogens is 388 g/mol. The first-order valence-electron chi connectivity index (χ1n) is 10.6. The average molecular weight is 417 g/mol. The summed E-state index contributed by atoms with van der Waals surface area (Å²) >= 11 is 0. The predicted molar refractivity (Wildman–Crippen MR) is 124 cm³/mol. The maximum absolute atomic E-state index is 12.8. The van der Waals surface area contributed by atoms with Crippen LogP contribution in [0.15, 0.2) is 65.8 Å². The van der Waals surface area contributed by atoms with E-state index in [0.29, 0.717) is 5.56 Å². The number of rotatable bonds is 5. The number of morpholine rings is 1. The van der Waals surface area contributed by atoms with Gasteiger partial charge in [0.1, 0.15) is 0 Å². The number of para-hydroxylation sites is 1. The van der Waals surface area contributed by atoms with Crippen molar-refractivity contribution in [2.45, 2.75) is 20.8 Å². The van der Waals surface area contributed by atoms with Crippen LogP contribution in [0, 0.1) is 13.8 Å². The van der Waals surface area contributed by atoms with E-state index in [4.69, 9.17) is 4.74 Å². The molecular formula is C25H28N4O2. The second kappa shape index (κ2) is 9.18. The van der Waals surface area contributed by atoms with Gasteiger partial charge in [0.25, 0.3) is 5.91 Å². The van der Waals surface area contributed by atoms with E-state index in [1.54, 1.807) is 0 Å². The molecule has 4 rings (SSSR count). The molecule has 1 aromatic heterocycles. The van der Waals surface area contributed by atoms with Crippen molar-refractivity contribution in [1.82, 2.24) is 9.99 Å². The number of hydrogen-bond donors (Lipinski definition) is 1. The molecule has 2 aromatic carbocycles. The number of aromatic nitrogens is 1. The highest BCUT2D eigenvalue weighted by atomic mass is 16.5. The molecule has 0 atom stereocenters. The molecule has 0 aliphatic carbocycles. The normalized spacial score (nSPS) is 14.5. The van der Waals surface area contributed by atoms with Gasteiger partial charge in [-0.2, -0.15) is 5.10 Å². The number of hydrogen-bond acceptors (Lipinski definition) is 4. The SMILES string of the molecule is C/C(=N/NC(=O)c1cc(C)n(-c2ccccc2)c1C)c1ccc(N2CCOCC2)cc1. The number of carbonyl (C=O) groups excluding carboxylic acids is 1. The summed E-state index contributed by atoms with van der Waals surface area (Å²) in [5, 5.41) is 4.34. The summed E-state index contributed by atoms with van der Waals surface area (Å²) in [5.41, 5.74) is 9.20. The fourth-order valence-corrected chi connectivity index (χ4v) is 3.96. The van der Waals surface area contributed by atoms with Gasteiger partial charge in [0.05, 0.1) is 24.5 Å². The van der Waals surface area contributed by atoms with Crippen LogP contribution in [-0.4, -0.2) is 42.5 Å². The zero-order valence-corrected chi connectivity index (χ0v) is 18.3. The Morgan fingerprint density at radius 2 is 1.65 bits per heavy atom. The zero-order chi connectivity index (χ0) is 21.8. The molecule has 1 saturated heterocycles. The van der Waals surface area contributed by atoms with Gasteiger partial charge in [0, 0.05) is 35.9 Å². The monoisotopic (exact) mass is 416 g/mol. The number of nitrogens with zero attached hydrogens (tertiary/aromatic N) is 3. The zero-order valence-electron chi connectivity index (χ0n) is 18.3. The number of benzene rings is 2. The van der Waals surface area contributed by atoms with Crippen LogP contribution in [0.3, 0.4) is 0 Å². The molecule has 0 spiro atoms. The molecule has 160 valence electrons. The Hall–Kier alpha value is -3.38. The number of hydrazone groups is 1. The van der Waals surface area contributed by atoms with Crippen molar-refractivity contribution in [3.8, 4) is 5.69 Å². The number of aryl methyl sites for hydroxylation is 1. The van der Waals surface area contributed by atoms with Gasteiger partial charge in [0.15, 0.2) is 0 Å². The predicted octanol–water partition coefficient (Wildman–Crippen LogP) is 4.08. The van der Waals surface area contributed by atoms with Crippen LogP contribution in [0.5, 0.6) is 0 Å². The molecule has 2 heterocycles. The van der Waals surface area contributed by atoms with Gasteiger partial charge in [0.2, 0.25) is 0 Å². The average Bonchev–Trinajstić information content (AvgIpc) is 3.12. The Labute approximate surface area is 183 Å². The summed E-state index contributed by atoms with van der Waals surface area (Å²) in [4.78, 5) is 15.1. The molecule has 0 saturated carbocycles. The van der Waals surface area contributed by atoms with E-state index in [-0.39, 0.29) is 5.91 Å². The van der Waals surface area contributed by atoms with E-state index in [1.165, 1.54) is 5.69 Å². The lowest BCUT2D eigenvalue weighted by atomic mass is 10.1. The van der Waals surface area contributed by atoms with Gasteiger partial charge < -0.3 is 14.2 Å². The van der Waals surface area contributed by atoms with E-state index in [0.717, 1.165) is 54.7 Å². The minimum absolute atomic E-state index is 0.209. The van der Waals surface area contributed by atoms with Gasteiger partial charge in [-0.05, 0) is 56.7 Å². The standard InChI is InChI=1S/C25H28N4O2/c1-18-17-24(20(3)29(18)23-7-5-4-6-8-23)25(30)27-26-19(2)21-9-11-22(12-10-21)28-13-15-31-16-14-28/h4-12,17H,13-16H2,1-3H3,(H,27,30)/b26-19-. The number of carbonyl (C=O) groups is 1. The van der Waals surface area contributed by atoms with Crippen molar-refractivity contribution in [2.75, 3.05) is 31.2 Å². The quantitative estimate of drug-likeness (QED) is 0.504. The van der Waals surface area contributed by atoms with Crippen molar-refractivity contribution in [2.24, 2.45) is 5.10 Å². The summed E-state index contributed by atoms with van der Waals surface area (Å²) in [5.74, 6) is -0.209. The number of amides is 1. The van der Waals surface area contributed by atoms with Crippen LogP contribution >= 0.6 is 0 Å². The molecule has 3 aromatic rings. The van der Waals surface area contributed by atoms with Crippen molar-refractivity contribution in [3.63, 3.8) is 0 Å². The summed E-state index contributed by atoms with van der Waals surface area (Å²) in [6.07, 6.45) is 0. The highest BCUT2D eigenvalue weighted by molar-refractivity contribution is 6.01. The molecule has 0 radical (unpaired) electrons. The number of anilines is 1. The highest BCUT2D eigenvalue weighted by Gasteiger charge is 2.16. The smallest absolute Gasteiger partial charge is 0.273 e. The summed E-state index contributed by atoms with van der Waals surface area (Å²) < 4.78 is 7.49. The first-order valence-corrected chi connectivity index (χ1v) is 10.6. The molecule has 1 N–H and O–H groups in total. The third-order valence-corrected chi connectivity index (χ3v) is 5.68. The Balaban J connectivity index is 1.46. The molecule has 6 heteroatoms. The van der Waals surface area contributed by atoms with Crippen LogP contribution in [0.25, 0.3) is 5.69 Å². The Morgan fingerprint density at radius 1 is 0.968 bits per heavy atom. The first kappa shape index (κ1) is 20.9. The lowest BCUT2D eigenvalue weighted by molar-refractivity contribution is 0.0954. The lowest BCUT2D eigenvalue weighted by Crippen LogP contribution is -2.36. The van der Waals surface area contributed by atoms with Crippen LogP contribution in [-0.2, 0) is 4.74 Å². The molecule has 1 fully saturated rings. The molecule has 6 nitrogen and oxygen atoms in total. The molecule has 1 amide bonds. The molecule has 1 aliphatic heterocycles. The van der Waals surface area contributed by atoms with Crippen LogP contribution in [0.4, 0.5) is 5.69 Å². The van der Waals surface area contributed by atoms with Crippen molar-refractivity contribution < 1.29 is 9.53 Å². The fraction of sp³-hybridized carbons (Fsp3) is 0.280. The molecule has 0 bridgehead atoms. The molecule has 31 heavy (non-hydrogen) atoms. The van der Waals surface area contributed by atoms with E-state index in [9.17, 15) is 4.79 Å². The minimum atomic E-state index is -0.209. The van der Waals surface area contributed by atoms with Gasteiger partial charge in [-0.25, -0.2) is 5.43 Å². The molecule has 1 aliphatic rings. The van der Waals surface area contributed by atoms with Crippen molar-refractivity contribution in [1.29, 1.82) is 0 Å². The minimum Gasteiger partial charge on any atom is -0.378 e. The summed E-state index contributed by atoms with van der Waals surface area (Å²) in [6, 6.07) is 20.2. The third-order valence-electron chi connectivity index (χ3n) is 5.68. The maximum Gasteiger partial charge on any atom is 0.273 e. The Bertz CT molecular complexity index is 1080. The van der Waals surface area contributed by atoms with Crippen LogP contribution in [0.1, 0.15) is 34.2 Å². The molecule has 0 unspecified atom stereocenters. The highest BCUT2D eigenvalue weighted by Crippen LogP contribution is 2.21. The summed E-state index contributed by atoms with van der Waals surface area (Å²) in [6.45, 7) is 9.19. The topological polar surface area (TPSA) is 58.9 Å². The maximum atomic E-state index is 12.8. The van der Waals surface area contributed by atoms with E-state index in [2.05, 4.69) is 32.1 Å². The number of ether oxygens (including phenoxy) is 1. The van der Waals surface area contributed by atoms with Crippen LogP contribution in [0.2, 0.25) is 0 Å². The Kier molecular flexibility index (Phi) is 6.18. The van der Waals surface area contributed by atoms with E-state index in [1.807, 2.05) is 69.3 Å². The van der Waals surface area contributed by atoms with E-state index >= 15 is 0 Å². The third kappa shape index (κ3) is 4.54. The second-order valence-corrected chi connectivity index (χ2v) is 7.74. The fourth-order valence-electron chi connectivity index (χ4n) is 3.96. The lowest BCUT2D eigenvalue weighted by Gasteiger charge is -2.28. The Morgan fingerprint density at radius 3 is 2.32 bits per heavy atom. The second-order valence-electron chi connectivity index (χ2n) is 7.74. The van der Waals surface area contributed by atoms with Gasteiger partial charge in [-0.3, -0.25) is 4.79 Å². The first-order chi connectivity index (χ1) is 15.0. The van der Waals surface area contributed by atoms with Gasteiger partial charge >= 0.3 is 0 Å². The summed E-state index contributed by atoms with van der Waals surface area (Å²) in [7, 11) is 0. The largest absolute Gasteiger partial charge is 0.378 e. The van der Waals surface area contributed by atoms with Crippen LogP contribution < -0.4 is 10.3 Å². The number of nitrogens with one attached hydrogen (secondary N) is 1. The van der Waals surface area contributed by atoms with Gasteiger partial charge in [-0.1, -0.05) is 30.3 Å². The van der Waals surface area contributed by atoms with E-state index < -0.39 is 0 Å². The van der Waals surface area contributed by atoms with Crippen molar-refractivity contribution >= 4 is 17.3 Å². The van der Waals surface area contributed by atoms with Gasteiger partial charge in [-0.15, -0.1) is 0 Å².